The van der Waals surface area contributed by atoms with E-state index >= 15 is 0 Å². The average molecular weight is 468 g/mol. The van der Waals surface area contributed by atoms with Crippen LogP contribution in [0.2, 0.25) is 0 Å². The molecule has 0 unspecified atom stereocenters. The van der Waals surface area contributed by atoms with Gasteiger partial charge in [0.2, 0.25) is 11.8 Å². The molecule has 1 N–H and O–H groups in total. The summed E-state index contributed by atoms with van der Waals surface area (Å²) in [5, 5.41) is 9.82. The van der Waals surface area contributed by atoms with Gasteiger partial charge in [-0.15, -0.1) is 0 Å². The zero-order valence-corrected chi connectivity index (χ0v) is 20.6. The van der Waals surface area contributed by atoms with Crippen molar-refractivity contribution in [2.45, 2.75) is 70.9 Å². The van der Waals surface area contributed by atoms with E-state index in [2.05, 4.69) is 16.8 Å². The van der Waals surface area contributed by atoms with E-state index in [0.29, 0.717) is 30.1 Å². The molecule has 3 aliphatic rings. The van der Waals surface area contributed by atoms with E-state index in [1.807, 2.05) is 20.9 Å². The highest BCUT2D eigenvalue weighted by Gasteiger charge is 2.35. The molecular formula is C27H37N3O4. The lowest BCUT2D eigenvalue weighted by molar-refractivity contribution is -0.136. The van der Waals surface area contributed by atoms with Crippen molar-refractivity contribution in [1.82, 2.24) is 14.8 Å². The highest BCUT2D eigenvalue weighted by atomic mass is 16.5. The predicted molar refractivity (Wildman–Crippen MR) is 129 cm³/mol. The number of nitrogens with zero attached hydrogens (tertiary/aromatic N) is 3. The molecule has 1 aromatic heterocycles. The van der Waals surface area contributed by atoms with Crippen LogP contribution in [0.5, 0.6) is 5.88 Å². The molecular weight excluding hydrogens is 430 g/mol. The molecule has 0 bridgehead atoms. The topological polar surface area (TPSA) is 83.0 Å². The third-order valence-electron chi connectivity index (χ3n) is 7.30. The quantitative estimate of drug-likeness (QED) is 0.673. The summed E-state index contributed by atoms with van der Waals surface area (Å²) in [6, 6.07) is 1.41. The second kappa shape index (κ2) is 10.8. The largest absolute Gasteiger partial charge is 0.472 e. The van der Waals surface area contributed by atoms with E-state index < -0.39 is 0 Å². The van der Waals surface area contributed by atoms with Gasteiger partial charge in [-0.1, -0.05) is 38.0 Å². The van der Waals surface area contributed by atoms with Gasteiger partial charge in [-0.25, -0.2) is 4.98 Å². The number of ether oxygens (including phenoxy) is 1. The number of rotatable bonds is 5. The van der Waals surface area contributed by atoms with Gasteiger partial charge in [0.15, 0.2) is 0 Å². The molecule has 2 fully saturated rings. The zero-order chi connectivity index (χ0) is 24.2. The van der Waals surface area contributed by atoms with Crippen molar-refractivity contribution in [2.24, 2.45) is 17.8 Å². The standard InChI is InChI=1S/C27H37N3O4/c1-18-15-30(19(2)17-31)27(33)23-13-21(12-11-20-9-10-20)14-28-25(23)34-24(18)16-29(3)26(32)22-7-5-4-6-8-22/h13-14,18-20,22,24,31H,4-10,15-17H2,1-3H3/t18-,19+,24+/m1/s1. The number of aliphatic hydroxyl groups excluding tert-OH is 1. The fourth-order valence-electron chi connectivity index (χ4n) is 4.82. The normalized spacial score (nSPS) is 24.1. The molecule has 7 nitrogen and oxygen atoms in total. The minimum Gasteiger partial charge on any atom is -0.472 e. The summed E-state index contributed by atoms with van der Waals surface area (Å²) in [6.45, 7) is 4.58. The lowest BCUT2D eigenvalue weighted by Crippen LogP contribution is -2.51. The molecule has 2 amide bonds. The molecule has 184 valence electrons. The van der Waals surface area contributed by atoms with Gasteiger partial charge >= 0.3 is 0 Å². The summed E-state index contributed by atoms with van der Waals surface area (Å²) in [7, 11) is 1.84. The molecule has 0 saturated heterocycles. The third kappa shape index (κ3) is 5.72. The number of hydrogen-bond acceptors (Lipinski definition) is 5. The molecule has 2 heterocycles. The van der Waals surface area contributed by atoms with Crippen molar-refractivity contribution >= 4 is 11.8 Å². The Morgan fingerprint density at radius 2 is 2.03 bits per heavy atom. The smallest absolute Gasteiger partial charge is 0.259 e. The minimum atomic E-state index is -0.343. The molecule has 4 rings (SSSR count). The highest BCUT2D eigenvalue weighted by molar-refractivity contribution is 5.97. The van der Waals surface area contributed by atoms with Crippen LogP contribution in [0.3, 0.4) is 0 Å². The van der Waals surface area contributed by atoms with Gasteiger partial charge in [0.25, 0.3) is 5.91 Å². The number of pyridine rings is 1. The summed E-state index contributed by atoms with van der Waals surface area (Å²) >= 11 is 0. The average Bonchev–Trinajstić information content (AvgIpc) is 3.69. The fraction of sp³-hybridized carbons (Fsp3) is 0.667. The van der Waals surface area contributed by atoms with Gasteiger partial charge in [-0.2, -0.15) is 0 Å². The van der Waals surface area contributed by atoms with Crippen LogP contribution >= 0.6 is 0 Å². The summed E-state index contributed by atoms with van der Waals surface area (Å²) in [5.74, 6) is 7.07. The van der Waals surface area contributed by atoms with E-state index in [1.54, 1.807) is 22.1 Å². The first-order valence-corrected chi connectivity index (χ1v) is 12.7. The molecule has 2 saturated carbocycles. The van der Waals surface area contributed by atoms with Crippen molar-refractivity contribution in [3.8, 4) is 17.7 Å². The first-order valence-electron chi connectivity index (χ1n) is 12.7. The Balaban J connectivity index is 1.59. The Hall–Kier alpha value is -2.59. The molecule has 7 heteroatoms. The van der Waals surface area contributed by atoms with E-state index in [0.717, 1.165) is 38.5 Å². The first-order chi connectivity index (χ1) is 16.4. The number of aromatic nitrogens is 1. The molecule has 1 aliphatic heterocycles. The van der Waals surface area contributed by atoms with E-state index in [4.69, 9.17) is 4.74 Å². The Kier molecular flexibility index (Phi) is 7.77. The number of carbonyl (C=O) groups is 2. The van der Waals surface area contributed by atoms with E-state index in [9.17, 15) is 14.7 Å². The van der Waals surface area contributed by atoms with Crippen LogP contribution in [0.1, 0.15) is 74.7 Å². The minimum absolute atomic E-state index is 0.0520. The number of carbonyl (C=O) groups excluding carboxylic acids is 2. The van der Waals surface area contributed by atoms with Gasteiger partial charge in [0, 0.05) is 43.1 Å². The second-order valence-corrected chi connectivity index (χ2v) is 10.3. The summed E-state index contributed by atoms with van der Waals surface area (Å²) < 4.78 is 6.32. The molecule has 1 aromatic rings. The SMILES string of the molecule is C[C@@H]1CN([C@@H](C)CO)C(=O)c2cc(C#CC3CC3)cnc2O[C@H]1CN(C)C(=O)C1CCCCC1. The summed E-state index contributed by atoms with van der Waals surface area (Å²) in [6.07, 6.45) is 8.92. The van der Waals surface area contributed by atoms with E-state index in [-0.39, 0.29) is 48.3 Å². The molecule has 0 radical (unpaired) electrons. The summed E-state index contributed by atoms with van der Waals surface area (Å²) in [5.41, 5.74) is 1.05. The van der Waals surface area contributed by atoms with E-state index in [1.165, 1.54) is 6.42 Å². The molecule has 0 spiro atoms. The van der Waals surface area contributed by atoms with Gasteiger partial charge in [-0.3, -0.25) is 9.59 Å². The highest BCUT2D eigenvalue weighted by Crippen LogP contribution is 2.30. The van der Waals surface area contributed by atoms with Crippen LogP contribution in [-0.2, 0) is 4.79 Å². The van der Waals surface area contributed by atoms with Crippen molar-refractivity contribution in [3.05, 3.63) is 23.4 Å². The number of likely N-dealkylation sites (N-methyl/N-ethyl adjacent to an activating group) is 1. The van der Waals surface area contributed by atoms with Crippen LogP contribution in [0, 0.1) is 29.6 Å². The van der Waals surface area contributed by atoms with Crippen LogP contribution in [-0.4, -0.2) is 70.6 Å². The maximum atomic E-state index is 13.5. The van der Waals surface area contributed by atoms with Crippen LogP contribution in [0.15, 0.2) is 12.3 Å². The molecule has 3 atom stereocenters. The lowest BCUT2D eigenvalue weighted by Gasteiger charge is -2.38. The summed E-state index contributed by atoms with van der Waals surface area (Å²) in [4.78, 5) is 34.5. The van der Waals surface area contributed by atoms with Crippen molar-refractivity contribution in [2.75, 3.05) is 26.7 Å². The number of aliphatic hydroxyl groups is 1. The van der Waals surface area contributed by atoms with Gasteiger partial charge in [0.05, 0.1) is 19.2 Å². The van der Waals surface area contributed by atoms with Gasteiger partial charge in [-0.05, 0) is 38.7 Å². The Labute approximate surface area is 202 Å². The van der Waals surface area contributed by atoms with Gasteiger partial charge < -0.3 is 19.6 Å². The Morgan fingerprint density at radius 3 is 2.71 bits per heavy atom. The molecule has 34 heavy (non-hydrogen) atoms. The maximum absolute atomic E-state index is 13.5. The Morgan fingerprint density at radius 1 is 1.29 bits per heavy atom. The predicted octanol–water partition coefficient (Wildman–Crippen LogP) is 3.10. The zero-order valence-electron chi connectivity index (χ0n) is 20.6. The Bertz CT molecular complexity index is 958. The van der Waals surface area contributed by atoms with Gasteiger partial charge in [0.1, 0.15) is 11.7 Å². The molecule has 2 aliphatic carbocycles. The molecule has 0 aromatic carbocycles. The lowest BCUT2D eigenvalue weighted by atomic mass is 9.88. The fourth-order valence-corrected chi connectivity index (χ4v) is 4.82. The third-order valence-corrected chi connectivity index (χ3v) is 7.30. The van der Waals surface area contributed by atoms with Crippen molar-refractivity contribution in [1.29, 1.82) is 0 Å². The number of fused-ring (bicyclic) bond motifs is 1. The van der Waals surface area contributed by atoms with Crippen molar-refractivity contribution in [3.63, 3.8) is 0 Å². The van der Waals surface area contributed by atoms with Crippen LogP contribution in [0.4, 0.5) is 0 Å². The maximum Gasteiger partial charge on any atom is 0.259 e. The van der Waals surface area contributed by atoms with Crippen molar-refractivity contribution < 1.29 is 19.4 Å². The van der Waals surface area contributed by atoms with Crippen LogP contribution < -0.4 is 4.74 Å². The second-order valence-electron chi connectivity index (χ2n) is 10.3. The number of hydrogen-bond donors (Lipinski definition) is 1. The number of amides is 2. The first kappa shape index (κ1) is 24.5. The monoisotopic (exact) mass is 467 g/mol. The van der Waals surface area contributed by atoms with Crippen LogP contribution in [0.25, 0.3) is 0 Å².